The highest BCUT2D eigenvalue weighted by Gasteiger charge is 2.37. The quantitative estimate of drug-likeness (QED) is 0.654. The third-order valence-corrected chi connectivity index (χ3v) is 7.69. The lowest BCUT2D eigenvalue weighted by molar-refractivity contribution is -0.122. The van der Waals surface area contributed by atoms with Gasteiger partial charge >= 0.3 is 0 Å². The van der Waals surface area contributed by atoms with Crippen LogP contribution in [0.3, 0.4) is 0 Å². The van der Waals surface area contributed by atoms with E-state index < -0.39 is 16.1 Å². The van der Waals surface area contributed by atoms with Gasteiger partial charge in [-0.25, -0.2) is 8.42 Å². The number of hydrogen-bond acceptors (Lipinski definition) is 4. The smallest absolute Gasteiger partial charge is 0.243 e. The summed E-state index contributed by atoms with van der Waals surface area (Å²) in [5.41, 5.74) is 3.52. The number of aryl methyl sites for hydroxylation is 2. The minimum Gasteiger partial charge on any atom is -0.381 e. The van der Waals surface area contributed by atoms with Crippen LogP contribution in [0.15, 0.2) is 48.5 Å². The number of carbonyl (C=O) groups is 1. The molecular formula is C25H34N2O4S. The predicted molar refractivity (Wildman–Crippen MR) is 129 cm³/mol. The zero-order valence-corrected chi connectivity index (χ0v) is 20.2. The van der Waals surface area contributed by atoms with Crippen molar-refractivity contribution in [3.05, 3.63) is 65.2 Å². The van der Waals surface area contributed by atoms with Crippen LogP contribution >= 0.6 is 0 Å². The molecule has 174 valence electrons. The Hall–Kier alpha value is -2.38. The van der Waals surface area contributed by atoms with Crippen LogP contribution in [-0.2, 0) is 25.0 Å². The van der Waals surface area contributed by atoms with Gasteiger partial charge in [-0.2, -0.15) is 0 Å². The van der Waals surface area contributed by atoms with Crippen LogP contribution < -0.4 is 9.62 Å². The van der Waals surface area contributed by atoms with Gasteiger partial charge in [0.25, 0.3) is 0 Å². The summed E-state index contributed by atoms with van der Waals surface area (Å²) in [5, 5.41) is 3.09. The summed E-state index contributed by atoms with van der Waals surface area (Å²) in [6.07, 6.45) is 3.14. The van der Waals surface area contributed by atoms with E-state index in [-0.39, 0.29) is 11.3 Å². The van der Waals surface area contributed by atoms with Gasteiger partial charge in [-0.3, -0.25) is 9.10 Å². The van der Waals surface area contributed by atoms with Crippen LogP contribution in [0.4, 0.5) is 5.69 Å². The first-order valence-corrected chi connectivity index (χ1v) is 13.0. The Kier molecular flexibility index (Phi) is 7.62. The fraction of sp³-hybridized carbons (Fsp3) is 0.480. The number of anilines is 1. The number of nitrogens with zero attached hydrogens (tertiary/aromatic N) is 1. The molecular weight excluding hydrogens is 424 g/mol. The number of nitrogens with one attached hydrogen (secondary N) is 1. The van der Waals surface area contributed by atoms with Crippen molar-refractivity contribution in [3.63, 3.8) is 0 Å². The lowest BCUT2D eigenvalue weighted by atomic mass is 9.74. The van der Waals surface area contributed by atoms with Crippen LogP contribution in [0.2, 0.25) is 0 Å². The lowest BCUT2D eigenvalue weighted by Crippen LogP contribution is -2.52. The van der Waals surface area contributed by atoms with Gasteiger partial charge in [-0.15, -0.1) is 0 Å². The van der Waals surface area contributed by atoms with Crippen molar-refractivity contribution >= 4 is 21.6 Å². The molecule has 0 aliphatic carbocycles. The lowest BCUT2D eigenvalue weighted by Gasteiger charge is -2.39. The fourth-order valence-electron chi connectivity index (χ4n) is 4.42. The van der Waals surface area contributed by atoms with Crippen LogP contribution in [0.25, 0.3) is 0 Å². The molecule has 6 nitrogen and oxygen atoms in total. The first-order valence-electron chi connectivity index (χ1n) is 11.2. The number of hydrogen-bond donors (Lipinski definition) is 1. The maximum Gasteiger partial charge on any atom is 0.243 e. The van der Waals surface area contributed by atoms with E-state index in [0.29, 0.717) is 31.9 Å². The van der Waals surface area contributed by atoms with Crippen molar-refractivity contribution < 1.29 is 17.9 Å². The molecule has 0 spiro atoms. The molecule has 32 heavy (non-hydrogen) atoms. The molecule has 0 aromatic heterocycles. The molecule has 0 unspecified atom stereocenters. The van der Waals surface area contributed by atoms with Crippen LogP contribution in [0, 0.1) is 13.8 Å². The van der Waals surface area contributed by atoms with Gasteiger partial charge in [0.15, 0.2) is 0 Å². The molecule has 1 saturated heterocycles. The van der Waals surface area contributed by atoms with Crippen molar-refractivity contribution in [1.82, 2.24) is 5.32 Å². The molecule has 1 heterocycles. The Morgan fingerprint density at radius 1 is 1.09 bits per heavy atom. The molecule has 1 atom stereocenters. The predicted octanol–water partition coefficient (Wildman–Crippen LogP) is 3.71. The van der Waals surface area contributed by atoms with Gasteiger partial charge in [-0.05, 0) is 61.9 Å². The van der Waals surface area contributed by atoms with E-state index in [0.717, 1.165) is 30.2 Å². The van der Waals surface area contributed by atoms with Crippen molar-refractivity contribution in [2.45, 2.75) is 51.5 Å². The zero-order valence-electron chi connectivity index (χ0n) is 19.4. The molecule has 0 bridgehead atoms. The summed E-state index contributed by atoms with van der Waals surface area (Å²) >= 11 is 0. The molecule has 1 fully saturated rings. The van der Waals surface area contributed by atoms with Crippen LogP contribution in [-0.4, -0.2) is 46.4 Å². The fourth-order valence-corrected chi connectivity index (χ4v) is 5.62. The highest BCUT2D eigenvalue weighted by molar-refractivity contribution is 7.92. The number of sulfonamides is 1. The van der Waals surface area contributed by atoms with Crippen molar-refractivity contribution in [3.8, 4) is 0 Å². The van der Waals surface area contributed by atoms with E-state index in [1.807, 2.05) is 51.1 Å². The second-order valence-electron chi connectivity index (χ2n) is 8.73. The van der Waals surface area contributed by atoms with Crippen molar-refractivity contribution in [2.75, 3.05) is 30.3 Å². The van der Waals surface area contributed by atoms with E-state index in [1.165, 1.54) is 9.87 Å². The molecule has 0 radical (unpaired) electrons. The van der Waals surface area contributed by atoms with Gasteiger partial charge in [0, 0.05) is 25.2 Å². The van der Waals surface area contributed by atoms with E-state index in [2.05, 4.69) is 17.4 Å². The normalized spacial score (nSPS) is 16.9. The number of amides is 1. The van der Waals surface area contributed by atoms with E-state index in [4.69, 9.17) is 4.74 Å². The maximum atomic E-state index is 13.4. The summed E-state index contributed by atoms with van der Waals surface area (Å²) < 4.78 is 32.3. The molecule has 1 amide bonds. The second kappa shape index (κ2) is 10.0. The second-order valence-corrected chi connectivity index (χ2v) is 10.6. The first kappa shape index (κ1) is 24.3. The summed E-state index contributed by atoms with van der Waals surface area (Å²) in [7, 11) is -3.66. The van der Waals surface area contributed by atoms with Gasteiger partial charge in [0.2, 0.25) is 15.9 Å². The van der Waals surface area contributed by atoms with Gasteiger partial charge in [-0.1, -0.05) is 43.3 Å². The largest absolute Gasteiger partial charge is 0.381 e. The van der Waals surface area contributed by atoms with E-state index in [9.17, 15) is 13.2 Å². The average Bonchev–Trinajstić information content (AvgIpc) is 2.78. The highest BCUT2D eigenvalue weighted by atomic mass is 32.2. The Balaban J connectivity index is 1.86. The summed E-state index contributed by atoms with van der Waals surface area (Å²) in [5.74, 6) is -0.280. The molecule has 2 aromatic carbocycles. The van der Waals surface area contributed by atoms with Gasteiger partial charge in [0.1, 0.15) is 6.04 Å². The number of ether oxygens (including phenoxy) is 1. The molecule has 2 aromatic rings. The standard InChI is InChI=1S/C25H34N2O4S/c1-5-23(27(32(4,29)30)22-12-11-19(2)20(3)17-22)24(28)26-18-25(13-15-31-16-14-25)21-9-7-6-8-10-21/h6-12,17,23H,5,13-16,18H2,1-4H3,(H,26,28)/t23-/m0/s1. The molecule has 3 rings (SSSR count). The maximum absolute atomic E-state index is 13.4. The minimum atomic E-state index is -3.66. The first-order chi connectivity index (χ1) is 15.2. The molecule has 1 N–H and O–H groups in total. The van der Waals surface area contributed by atoms with E-state index >= 15 is 0 Å². The Morgan fingerprint density at radius 3 is 2.31 bits per heavy atom. The summed E-state index contributed by atoms with van der Waals surface area (Å²) in [6.45, 7) is 7.48. The van der Waals surface area contributed by atoms with Crippen LogP contribution in [0.1, 0.15) is 42.9 Å². The molecule has 0 saturated carbocycles. The van der Waals surface area contributed by atoms with Crippen molar-refractivity contribution in [1.29, 1.82) is 0 Å². The topological polar surface area (TPSA) is 75.7 Å². The zero-order chi connectivity index (χ0) is 23.4. The Bertz CT molecular complexity index is 1030. The number of rotatable bonds is 8. The SMILES string of the molecule is CC[C@@H](C(=O)NCC1(c2ccccc2)CCOCC1)N(c1ccc(C)c(C)c1)S(C)(=O)=O. The van der Waals surface area contributed by atoms with Crippen LogP contribution in [0.5, 0.6) is 0 Å². The molecule has 7 heteroatoms. The average molecular weight is 459 g/mol. The summed E-state index contributed by atoms with van der Waals surface area (Å²) in [4.78, 5) is 13.4. The number of benzene rings is 2. The third-order valence-electron chi connectivity index (χ3n) is 6.51. The van der Waals surface area contributed by atoms with Gasteiger partial charge in [0.05, 0.1) is 11.9 Å². The third kappa shape index (κ3) is 5.33. The van der Waals surface area contributed by atoms with E-state index in [1.54, 1.807) is 6.07 Å². The minimum absolute atomic E-state index is 0.218. The van der Waals surface area contributed by atoms with Gasteiger partial charge < -0.3 is 10.1 Å². The molecule has 1 aliphatic rings. The summed E-state index contributed by atoms with van der Waals surface area (Å²) in [6, 6.07) is 14.8. The Labute approximate surface area is 192 Å². The molecule has 1 aliphatic heterocycles. The highest BCUT2D eigenvalue weighted by Crippen LogP contribution is 2.34. The monoisotopic (exact) mass is 458 g/mol. The Morgan fingerprint density at radius 2 is 1.75 bits per heavy atom. The van der Waals surface area contributed by atoms with Crippen molar-refractivity contribution in [2.24, 2.45) is 0 Å². The number of carbonyl (C=O) groups excluding carboxylic acids is 1.